The number of anilines is 1. The van der Waals surface area contributed by atoms with E-state index >= 15 is 0 Å². The molecule has 2 amide bonds. The maximum Gasteiger partial charge on any atom is 0.255 e. The number of hydrogen-bond acceptors (Lipinski definition) is 2. The first-order chi connectivity index (χ1) is 11.0. The molecule has 0 saturated carbocycles. The fourth-order valence-electron chi connectivity index (χ4n) is 2.18. The number of hydrogen-bond donors (Lipinski definition) is 2. The van der Waals surface area contributed by atoms with Crippen LogP contribution in [0.4, 0.5) is 5.69 Å². The standard InChI is InChI=1S/C19H22N2O2/c1-4-11-20-18(22)15-7-9-16(10-8-15)19(23)21-17-12-13(2)5-6-14(17)3/h5-10,12H,4,11H2,1-3H3,(H,20,22)(H,21,23). The fraction of sp³-hybridized carbons (Fsp3) is 0.263. The maximum atomic E-state index is 12.3. The van der Waals surface area contributed by atoms with Crippen molar-refractivity contribution in [2.45, 2.75) is 27.2 Å². The Morgan fingerprint density at radius 3 is 2.13 bits per heavy atom. The molecular weight excluding hydrogens is 288 g/mol. The summed E-state index contributed by atoms with van der Waals surface area (Å²) >= 11 is 0. The Labute approximate surface area is 136 Å². The highest BCUT2D eigenvalue weighted by Gasteiger charge is 2.10. The van der Waals surface area contributed by atoms with Crippen LogP contribution in [0.1, 0.15) is 45.2 Å². The van der Waals surface area contributed by atoms with Crippen LogP contribution in [-0.4, -0.2) is 18.4 Å². The lowest BCUT2D eigenvalue weighted by Gasteiger charge is -2.10. The van der Waals surface area contributed by atoms with E-state index in [4.69, 9.17) is 0 Å². The average Bonchev–Trinajstić information content (AvgIpc) is 2.56. The molecule has 0 radical (unpaired) electrons. The van der Waals surface area contributed by atoms with Crippen LogP contribution >= 0.6 is 0 Å². The van der Waals surface area contributed by atoms with Crippen LogP contribution in [-0.2, 0) is 0 Å². The molecule has 2 aromatic rings. The molecule has 4 nitrogen and oxygen atoms in total. The predicted molar refractivity (Wildman–Crippen MR) is 92.9 cm³/mol. The van der Waals surface area contributed by atoms with Crippen molar-refractivity contribution in [3.05, 3.63) is 64.7 Å². The zero-order chi connectivity index (χ0) is 16.8. The molecule has 0 spiro atoms. The van der Waals surface area contributed by atoms with Gasteiger partial charge in [-0.2, -0.15) is 0 Å². The quantitative estimate of drug-likeness (QED) is 0.884. The number of carbonyl (C=O) groups is 2. The van der Waals surface area contributed by atoms with E-state index < -0.39 is 0 Å². The number of rotatable bonds is 5. The highest BCUT2D eigenvalue weighted by molar-refractivity contribution is 6.05. The van der Waals surface area contributed by atoms with Crippen molar-refractivity contribution in [2.75, 3.05) is 11.9 Å². The van der Waals surface area contributed by atoms with Gasteiger partial charge in [-0.05, 0) is 61.7 Å². The molecule has 2 aromatic carbocycles. The van der Waals surface area contributed by atoms with Gasteiger partial charge in [0.05, 0.1) is 0 Å². The number of aryl methyl sites for hydroxylation is 2. The number of nitrogens with one attached hydrogen (secondary N) is 2. The van der Waals surface area contributed by atoms with Gasteiger partial charge in [0.2, 0.25) is 0 Å². The van der Waals surface area contributed by atoms with Crippen LogP contribution in [0.2, 0.25) is 0 Å². The summed E-state index contributed by atoms with van der Waals surface area (Å²) in [4.78, 5) is 24.2. The minimum atomic E-state index is -0.181. The second-order valence-corrected chi connectivity index (χ2v) is 5.61. The highest BCUT2D eigenvalue weighted by Crippen LogP contribution is 2.17. The van der Waals surface area contributed by atoms with Crippen molar-refractivity contribution in [1.82, 2.24) is 5.32 Å². The lowest BCUT2D eigenvalue weighted by atomic mass is 10.1. The van der Waals surface area contributed by atoms with Crippen molar-refractivity contribution in [2.24, 2.45) is 0 Å². The second kappa shape index (κ2) is 7.58. The molecule has 0 bridgehead atoms. The summed E-state index contributed by atoms with van der Waals surface area (Å²) in [6, 6.07) is 12.6. The number of benzene rings is 2. The fourth-order valence-corrected chi connectivity index (χ4v) is 2.18. The van der Waals surface area contributed by atoms with Gasteiger partial charge in [0.1, 0.15) is 0 Å². The zero-order valence-corrected chi connectivity index (χ0v) is 13.8. The second-order valence-electron chi connectivity index (χ2n) is 5.61. The van der Waals surface area contributed by atoms with Crippen LogP contribution < -0.4 is 10.6 Å². The molecule has 0 saturated heterocycles. The van der Waals surface area contributed by atoms with E-state index in [-0.39, 0.29) is 11.8 Å². The first kappa shape index (κ1) is 16.7. The molecule has 4 heteroatoms. The molecule has 2 rings (SSSR count). The molecule has 0 aromatic heterocycles. The van der Waals surface area contributed by atoms with Gasteiger partial charge < -0.3 is 10.6 Å². The van der Waals surface area contributed by atoms with Crippen LogP contribution in [0, 0.1) is 13.8 Å². The molecule has 0 atom stereocenters. The lowest BCUT2D eigenvalue weighted by molar-refractivity contribution is 0.0951. The van der Waals surface area contributed by atoms with Gasteiger partial charge in [-0.25, -0.2) is 0 Å². The molecule has 0 fully saturated rings. The van der Waals surface area contributed by atoms with E-state index in [0.29, 0.717) is 17.7 Å². The summed E-state index contributed by atoms with van der Waals surface area (Å²) in [6.45, 7) is 6.59. The Balaban J connectivity index is 2.08. The summed E-state index contributed by atoms with van der Waals surface area (Å²) in [5.74, 6) is -0.299. The minimum Gasteiger partial charge on any atom is -0.352 e. The minimum absolute atomic E-state index is 0.117. The predicted octanol–water partition coefficient (Wildman–Crippen LogP) is 3.70. The summed E-state index contributed by atoms with van der Waals surface area (Å²) in [5, 5.41) is 5.72. The van der Waals surface area contributed by atoms with E-state index in [1.54, 1.807) is 24.3 Å². The first-order valence-corrected chi connectivity index (χ1v) is 7.78. The van der Waals surface area contributed by atoms with Crippen molar-refractivity contribution < 1.29 is 9.59 Å². The third-order valence-electron chi connectivity index (χ3n) is 3.59. The normalized spacial score (nSPS) is 10.2. The van der Waals surface area contributed by atoms with Gasteiger partial charge in [0.25, 0.3) is 11.8 Å². The van der Waals surface area contributed by atoms with E-state index in [2.05, 4.69) is 10.6 Å². The van der Waals surface area contributed by atoms with Crippen molar-refractivity contribution in [1.29, 1.82) is 0 Å². The molecule has 0 aliphatic rings. The largest absolute Gasteiger partial charge is 0.352 e. The van der Waals surface area contributed by atoms with Crippen LogP contribution in [0.25, 0.3) is 0 Å². The summed E-state index contributed by atoms with van der Waals surface area (Å²) in [7, 11) is 0. The summed E-state index contributed by atoms with van der Waals surface area (Å²) in [5.41, 5.74) is 3.99. The Morgan fingerprint density at radius 2 is 1.52 bits per heavy atom. The number of amides is 2. The van der Waals surface area contributed by atoms with E-state index in [1.807, 2.05) is 39.0 Å². The SMILES string of the molecule is CCCNC(=O)c1ccc(C(=O)Nc2cc(C)ccc2C)cc1. The maximum absolute atomic E-state index is 12.3. The van der Waals surface area contributed by atoms with Crippen LogP contribution in [0.15, 0.2) is 42.5 Å². The molecule has 120 valence electrons. The highest BCUT2D eigenvalue weighted by atomic mass is 16.2. The molecule has 0 heterocycles. The zero-order valence-electron chi connectivity index (χ0n) is 13.8. The van der Waals surface area contributed by atoms with Gasteiger partial charge in [0.15, 0.2) is 0 Å². The Kier molecular flexibility index (Phi) is 5.52. The van der Waals surface area contributed by atoms with Gasteiger partial charge >= 0.3 is 0 Å². The molecule has 23 heavy (non-hydrogen) atoms. The Bertz CT molecular complexity index is 706. The topological polar surface area (TPSA) is 58.2 Å². The van der Waals surface area contributed by atoms with Gasteiger partial charge in [-0.1, -0.05) is 19.1 Å². The van der Waals surface area contributed by atoms with Crippen molar-refractivity contribution >= 4 is 17.5 Å². The first-order valence-electron chi connectivity index (χ1n) is 7.78. The molecular formula is C19H22N2O2. The Hall–Kier alpha value is -2.62. The summed E-state index contributed by atoms with van der Waals surface area (Å²) < 4.78 is 0. The molecule has 0 unspecified atom stereocenters. The third kappa shape index (κ3) is 4.42. The molecule has 0 aliphatic heterocycles. The van der Waals surface area contributed by atoms with Gasteiger partial charge in [-0.3, -0.25) is 9.59 Å². The van der Waals surface area contributed by atoms with E-state index in [0.717, 1.165) is 23.2 Å². The monoisotopic (exact) mass is 310 g/mol. The van der Waals surface area contributed by atoms with Crippen molar-refractivity contribution in [3.63, 3.8) is 0 Å². The third-order valence-corrected chi connectivity index (χ3v) is 3.59. The molecule has 0 aliphatic carbocycles. The number of carbonyl (C=O) groups excluding carboxylic acids is 2. The van der Waals surface area contributed by atoms with E-state index in [1.165, 1.54) is 0 Å². The Morgan fingerprint density at radius 1 is 0.913 bits per heavy atom. The van der Waals surface area contributed by atoms with Crippen LogP contribution in [0.5, 0.6) is 0 Å². The summed E-state index contributed by atoms with van der Waals surface area (Å²) in [6.07, 6.45) is 0.891. The van der Waals surface area contributed by atoms with Crippen LogP contribution in [0.3, 0.4) is 0 Å². The lowest BCUT2D eigenvalue weighted by Crippen LogP contribution is -2.24. The molecule has 2 N–H and O–H groups in total. The van der Waals surface area contributed by atoms with Gasteiger partial charge in [0, 0.05) is 23.4 Å². The smallest absolute Gasteiger partial charge is 0.255 e. The van der Waals surface area contributed by atoms with Crippen molar-refractivity contribution in [3.8, 4) is 0 Å². The van der Waals surface area contributed by atoms with Gasteiger partial charge in [-0.15, -0.1) is 0 Å². The van der Waals surface area contributed by atoms with E-state index in [9.17, 15) is 9.59 Å². The average molecular weight is 310 g/mol.